The van der Waals surface area contributed by atoms with Crippen molar-refractivity contribution in [1.82, 2.24) is 9.55 Å². The Kier molecular flexibility index (Phi) is 7.18. The van der Waals surface area contributed by atoms with E-state index in [-0.39, 0.29) is 0 Å². The number of aromatic nitrogens is 2. The van der Waals surface area contributed by atoms with Gasteiger partial charge in [0.05, 0.1) is 22.5 Å². The summed E-state index contributed by atoms with van der Waals surface area (Å²) in [4.78, 5) is 6.45. The molecule has 228 valence electrons. The molecule has 8 aromatic rings. The zero-order valence-electron chi connectivity index (χ0n) is 26.3. The lowest BCUT2D eigenvalue weighted by Gasteiger charge is -2.35. The predicted molar refractivity (Wildman–Crippen MR) is 205 cm³/mol. The van der Waals surface area contributed by atoms with Gasteiger partial charge >= 0.3 is 0 Å². The first-order chi connectivity index (χ1) is 23.8. The van der Waals surface area contributed by atoms with E-state index < -0.39 is 8.07 Å². The molecule has 0 aliphatic carbocycles. The van der Waals surface area contributed by atoms with Crippen molar-refractivity contribution in [3.05, 3.63) is 188 Å². The third-order valence-electron chi connectivity index (χ3n) is 9.63. The van der Waals surface area contributed by atoms with Crippen molar-refractivity contribution in [2.75, 3.05) is 0 Å². The second-order valence-corrected chi connectivity index (χ2v) is 17.2. The molecule has 0 bridgehead atoms. The van der Waals surface area contributed by atoms with Crippen molar-refractivity contribution in [1.29, 1.82) is 0 Å². The number of benzene rings is 7. The Balaban J connectivity index is 1.25. The maximum absolute atomic E-state index is 5.14. The van der Waals surface area contributed by atoms with Crippen LogP contribution in [0.25, 0.3) is 39.0 Å². The Hall–Kier alpha value is -5.42. The fourth-order valence-electron chi connectivity index (χ4n) is 7.45. The maximum Gasteiger partial charge on any atom is 0.179 e. The van der Waals surface area contributed by atoms with Crippen LogP contribution in [0.5, 0.6) is 0 Å². The summed E-state index contributed by atoms with van der Waals surface area (Å²) in [6.45, 7) is 0. The van der Waals surface area contributed by atoms with Gasteiger partial charge in [0.25, 0.3) is 0 Å². The molecule has 0 saturated carbocycles. The molecule has 0 radical (unpaired) electrons. The van der Waals surface area contributed by atoms with Gasteiger partial charge in [-0.25, -0.2) is 4.98 Å². The van der Waals surface area contributed by atoms with Crippen LogP contribution in [-0.4, -0.2) is 17.6 Å². The number of para-hydroxylation sites is 1. The third-order valence-corrected chi connectivity index (χ3v) is 15.4. The summed E-state index contributed by atoms with van der Waals surface area (Å²) >= 11 is 1.87. The first-order valence-corrected chi connectivity index (χ1v) is 19.4. The molecule has 0 atom stereocenters. The number of thioether (sulfide) groups is 1. The number of nitrogens with zero attached hydrogens (tertiary/aromatic N) is 2. The SMILES string of the molecule is c1ccc(-c2cccc([Si](c3ccccc3)(c3ccccc3)c3cccc(-c4ccc5c(c4)nc4n5-c5ccccc5SC4)c3)c2)cc1. The number of hydrogen-bond donors (Lipinski definition) is 0. The van der Waals surface area contributed by atoms with Gasteiger partial charge in [0.2, 0.25) is 0 Å². The molecule has 0 unspecified atom stereocenters. The summed E-state index contributed by atoms with van der Waals surface area (Å²) in [6, 6.07) is 67.1. The standard InChI is InChI=1S/C44H32N2SSi/c1-4-14-32(15-5-1)33-16-12-22-38(28-33)48(36-18-6-2-7-19-36,37-20-8-3-9-21-37)39-23-13-17-34(29-39)35-26-27-41-40(30-35)45-44-31-47-43-25-11-10-24-42(43)46(41)44/h1-30H,31H2. The van der Waals surface area contributed by atoms with E-state index in [4.69, 9.17) is 4.98 Å². The topological polar surface area (TPSA) is 17.8 Å². The average Bonchev–Trinajstić information content (AvgIpc) is 3.55. The summed E-state index contributed by atoms with van der Waals surface area (Å²) in [6.07, 6.45) is 0. The number of rotatable bonds is 6. The lowest BCUT2D eigenvalue weighted by Crippen LogP contribution is -2.74. The largest absolute Gasteiger partial charge is 0.294 e. The molecule has 0 spiro atoms. The van der Waals surface area contributed by atoms with E-state index in [1.54, 1.807) is 0 Å². The van der Waals surface area contributed by atoms with Crippen LogP contribution < -0.4 is 20.7 Å². The van der Waals surface area contributed by atoms with Crippen molar-refractivity contribution in [3.63, 3.8) is 0 Å². The highest BCUT2D eigenvalue weighted by Crippen LogP contribution is 2.38. The minimum absolute atomic E-state index is 0.876. The molecule has 0 fully saturated rings. The van der Waals surface area contributed by atoms with Crippen LogP contribution in [0.4, 0.5) is 0 Å². The molecular weight excluding hydrogens is 617 g/mol. The minimum atomic E-state index is -2.75. The molecule has 1 aromatic heterocycles. The summed E-state index contributed by atoms with van der Waals surface area (Å²) in [5.41, 5.74) is 8.28. The molecule has 7 aromatic carbocycles. The van der Waals surface area contributed by atoms with Crippen LogP contribution in [0.3, 0.4) is 0 Å². The second-order valence-electron chi connectivity index (χ2n) is 12.3. The molecule has 9 rings (SSSR count). The Bertz CT molecular complexity index is 2360. The number of fused-ring (bicyclic) bond motifs is 5. The van der Waals surface area contributed by atoms with Crippen LogP contribution in [0.1, 0.15) is 5.82 Å². The Labute approximate surface area is 286 Å². The molecule has 2 nitrogen and oxygen atoms in total. The van der Waals surface area contributed by atoms with Crippen molar-refractivity contribution in [3.8, 4) is 27.9 Å². The number of hydrogen-bond acceptors (Lipinski definition) is 2. The van der Waals surface area contributed by atoms with Crippen molar-refractivity contribution in [2.24, 2.45) is 0 Å². The first kappa shape index (κ1) is 28.8. The van der Waals surface area contributed by atoms with E-state index in [1.807, 2.05) is 11.8 Å². The average molecular weight is 649 g/mol. The van der Waals surface area contributed by atoms with Crippen LogP contribution in [0.15, 0.2) is 187 Å². The molecular formula is C44H32N2SSi. The zero-order chi connectivity index (χ0) is 31.9. The highest BCUT2D eigenvalue weighted by atomic mass is 32.2. The normalized spacial score (nSPS) is 12.4. The molecule has 1 aliphatic heterocycles. The molecule has 48 heavy (non-hydrogen) atoms. The summed E-state index contributed by atoms with van der Waals surface area (Å²) < 4.78 is 2.34. The van der Waals surface area contributed by atoms with E-state index in [0.717, 1.165) is 22.6 Å². The monoisotopic (exact) mass is 648 g/mol. The minimum Gasteiger partial charge on any atom is -0.294 e. The summed E-state index contributed by atoms with van der Waals surface area (Å²) in [5, 5.41) is 5.46. The maximum atomic E-state index is 5.14. The van der Waals surface area contributed by atoms with Gasteiger partial charge in [-0.1, -0.05) is 158 Å². The smallest absolute Gasteiger partial charge is 0.179 e. The van der Waals surface area contributed by atoms with E-state index in [2.05, 4.69) is 187 Å². The van der Waals surface area contributed by atoms with Gasteiger partial charge in [0, 0.05) is 4.90 Å². The first-order valence-electron chi connectivity index (χ1n) is 16.4. The Morgan fingerprint density at radius 3 is 1.65 bits per heavy atom. The lowest BCUT2D eigenvalue weighted by molar-refractivity contribution is 0.945. The highest BCUT2D eigenvalue weighted by Gasteiger charge is 2.41. The van der Waals surface area contributed by atoms with Gasteiger partial charge in [-0.3, -0.25) is 4.57 Å². The third kappa shape index (κ3) is 4.76. The molecule has 0 saturated heterocycles. The zero-order valence-corrected chi connectivity index (χ0v) is 28.1. The van der Waals surface area contributed by atoms with Crippen LogP contribution in [0, 0.1) is 0 Å². The van der Waals surface area contributed by atoms with E-state index in [9.17, 15) is 0 Å². The Morgan fingerprint density at radius 2 is 0.979 bits per heavy atom. The Morgan fingerprint density at radius 1 is 0.458 bits per heavy atom. The van der Waals surface area contributed by atoms with E-state index in [1.165, 1.54) is 53.6 Å². The van der Waals surface area contributed by atoms with Crippen molar-refractivity contribution < 1.29 is 0 Å². The van der Waals surface area contributed by atoms with Gasteiger partial charge in [-0.15, -0.1) is 11.8 Å². The van der Waals surface area contributed by atoms with Gasteiger partial charge in [-0.05, 0) is 67.3 Å². The van der Waals surface area contributed by atoms with Gasteiger partial charge in [-0.2, -0.15) is 0 Å². The molecule has 1 aliphatic rings. The van der Waals surface area contributed by atoms with Crippen LogP contribution in [-0.2, 0) is 5.75 Å². The highest BCUT2D eigenvalue weighted by molar-refractivity contribution is 7.98. The van der Waals surface area contributed by atoms with Crippen LogP contribution in [0.2, 0.25) is 0 Å². The van der Waals surface area contributed by atoms with E-state index in [0.29, 0.717) is 0 Å². The van der Waals surface area contributed by atoms with Gasteiger partial charge in [0.1, 0.15) is 5.82 Å². The number of imidazole rings is 1. The van der Waals surface area contributed by atoms with Gasteiger partial charge in [0.15, 0.2) is 8.07 Å². The fourth-order valence-corrected chi connectivity index (χ4v) is 13.2. The second kappa shape index (κ2) is 12.0. The fraction of sp³-hybridized carbons (Fsp3) is 0.0227. The van der Waals surface area contributed by atoms with E-state index >= 15 is 0 Å². The molecule has 0 amide bonds. The summed E-state index contributed by atoms with van der Waals surface area (Å²) in [5.74, 6) is 1.98. The molecule has 2 heterocycles. The summed E-state index contributed by atoms with van der Waals surface area (Å²) in [7, 11) is -2.75. The van der Waals surface area contributed by atoms with Crippen LogP contribution >= 0.6 is 11.8 Å². The van der Waals surface area contributed by atoms with Crippen molar-refractivity contribution >= 4 is 51.6 Å². The van der Waals surface area contributed by atoms with Crippen molar-refractivity contribution in [2.45, 2.75) is 10.6 Å². The molecule has 4 heteroatoms. The molecule has 0 N–H and O–H groups in total. The quantitative estimate of drug-likeness (QED) is 0.133. The van der Waals surface area contributed by atoms with Gasteiger partial charge < -0.3 is 0 Å². The predicted octanol–water partition coefficient (Wildman–Crippen LogP) is 8.34. The lowest BCUT2D eigenvalue weighted by atomic mass is 10.1.